The van der Waals surface area contributed by atoms with E-state index in [-0.39, 0.29) is 0 Å². The number of rotatable bonds is 2. The second-order valence-corrected chi connectivity index (χ2v) is 5.90. The van der Waals surface area contributed by atoms with E-state index in [1.54, 1.807) is 0 Å². The van der Waals surface area contributed by atoms with E-state index in [9.17, 15) is 0 Å². The minimum absolute atomic E-state index is 0.585. The molecule has 15 heavy (non-hydrogen) atoms. The Labute approximate surface area is 101 Å². The molecule has 0 bridgehead atoms. The molecule has 0 aromatic heterocycles. The molecule has 2 rings (SSSR count). The summed E-state index contributed by atoms with van der Waals surface area (Å²) in [6, 6.07) is 8.56. The molecule has 2 unspecified atom stereocenters. The first-order valence-corrected chi connectivity index (χ1v) is 6.82. The van der Waals surface area contributed by atoms with Crippen molar-refractivity contribution in [3.8, 4) is 0 Å². The quantitative estimate of drug-likeness (QED) is 0.839. The van der Waals surface area contributed by atoms with Gasteiger partial charge in [-0.2, -0.15) is 11.8 Å². The van der Waals surface area contributed by atoms with Gasteiger partial charge in [0.25, 0.3) is 0 Å². The third-order valence-electron chi connectivity index (χ3n) is 2.78. The maximum atomic E-state index is 5.95. The number of anilines is 1. The van der Waals surface area contributed by atoms with Gasteiger partial charge in [0, 0.05) is 22.0 Å². The molecule has 0 radical (unpaired) electrons. The van der Waals surface area contributed by atoms with Gasteiger partial charge in [-0.25, -0.2) is 0 Å². The van der Waals surface area contributed by atoms with Crippen molar-refractivity contribution in [2.75, 3.05) is 11.1 Å². The van der Waals surface area contributed by atoms with E-state index in [1.807, 2.05) is 18.2 Å². The molecule has 1 aromatic carbocycles. The summed E-state index contributed by atoms with van der Waals surface area (Å²) >= 11 is 8.01. The highest BCUT2D eigenvalue weighted by atomic mass is 35.5. The molecule has 1 nitrogen and oxygen atoms in total. The Balaban J connectivity index is 2.01. The highest BCUT2D eigenvalue weighted by Crippen LogP contribution is 2.28. The molecule has 1 saturated heterocycles. The van der Waals surface area contributed by atoms with E-state index in [4.69, 9.17) is 11.6 Å². The average molecular weight is 242 g/mol. The lowest BCUT2D eigenvalue weighted by atomic mass is 10.1. The summed E-state index contributed by atoms with van der Waals surface area (Å²) in [5.41, 5.74) is 1.14. The van der Waals surface area contributed by atoms with Gasteiger partial charge < -0.3 is 5.32 Å². The third-order valence-corrected chi connectivity index (χ3v) is 4.40. The van der Waals surface area contributed by atoms with Crippen molar-refractivity contribution < 1.29 is 0 Å². The van der Waals surface area contributed by atoms with E-state index in [2.05, 4.69) is 30.1 Å². The summed E-state index contributed by atoms with van der Waals surface area (Å²) in [7, 11) is 0. The van der Waals surface area contributed by atoms with Crippen LogP contribution in [0.25, 0.3) is 0 Å². The molecule has 1 fully saturated rings. The molecule has 1 aromatic rings. The zero-order chi connectivity index (χ0) is 10.7. The number of nitrogens with one attached hydrogen (secondary N) is 1. The summed E-state index contributed by atoms with van der Waals surface area (Å²) < 4.78 is 0. The lowest BCUT2D eigenvalue weighted by Gasteiger charge is -2.30. The van der Waals surface area contributed by atoms with Gasteiger partial charge in [-0.3, -0.25) is 0 Å². The summed E-state index contributed by atoms with van der Waals surface area (Å²) in [6.07, 6.45) is 2.58. The van der Waals surface area contributed by atoms with E-state index >= 15 is 0 Å². The van der Waals surface area contributed by atoms with Crippen LogP contribution >= 0.6 is 23.4 Å². The van der Waals surface area contributed by atoms with Gasteiger partial charge in [0.15, 0.2) is 0 Å². The Morgan fingerprint density at radius 3 is 3.07 bits per heavy atom. The molecule has 1 aliphatic rings. The SMILES string of the molecule is CC1SCCCC1Nc1cccc(Cl)c1. The van der Waals surface area contributed by atoms with E-state index in [0.29, 0.717) is 11.3 Å². The molecule has 1 aliphatic heterocycles. The van der Waals surface area contributed by atoms with Crippen LogP contribution in [0.1, 0.15) is 19.8 Å². The second-order valence-electron chi connectivity index (χ2n) is 3.98. The number of thioether (sulfide) groups is 1. The van der Waals surface area contributed by atoms with Crippen LogP contribution in [-0.4, -0.2) is 17.0 Å². The number of halogens is 1. The molecular weight excluding hydrogens is 226 g/mol. The Morgan fingerprint density at radius 1 is 1.47 bits per heavy atom. The molecule has 2 atom stereocenters. The second kappa shape index (κ2) is 5.13. The minimum Gasteiger partial charge on any atom is -0.381 e. The lowest BCUT2D eigenvalue weighted by Crippen LogP contribution is -2.32. The van der Waals surface area contributed by atoms with Crippen molar-refractivity contribution in [1.29, 1.82) is 0 Å². The standard InChI is InChI=1S/C12H16ClNS/c1-9-12(6-3-7-15-9)14-11-5-2-4-10(13)8-11/h2,4-5,8-9,12,14H,3,6-7H2,1H3. The first kappa shape index (κ1) is 11.2. The number of benzene rings is 1. The van der Waals surface area contributed by atoms with Crippen LogP contribution in [0, 0.1) is 0 Å². The maximum Gasteiger partial charge on any atom is 0.0426 e. The van der Waals surface area contributed by atoms with Gasteiger partial charge in [0.1, 0.15) is 0 Å². The van der Waals surface area contributed by atoms with Crippen LogP contribution in [0.3, 0.4) is 0 Å². The fraction of sp³-hybridized carbons (Fsp3) is 0.500. The zero-order valence-electron chi connectivity index (χ0n) is 8.87. The minimum atomic E-state index is 0.585. The van der Waals surface area contributed by atoms with Gasteiger partial charge in [0.05, 0.1) is 0 Å². The molecule has 3 heteroatoms. The predicted molar refractivity (Wildman–Crippen MR) is 70.0 cm³/mol. The summed E-state index contributed by atoms with van der Waals surface area (Å²) in [6.45, 7) is 2.30. The van der Waals surface area contributed by atoms with Gasteiger partial charge in [-0.15, -0.1) is 0 Å². The van der Waals surface area contributed by atoms with Crippen molar-refractivity contribution in [3.05, 3.63) is 29.3 Å². The van der Waals surface area contributed by atoms with Gasteiger partial charge in [0.2, 0.25) is 0 Å². The first-order chi connectivity index (χ1) is 7.25. The number of hydrogen-bond donors (Lipinski definition) is 1. The van der Waals surface area contributed by atoms with E-state index in [0.717, 1.165) is 10.7 Å². The van der Waals surface area contributed by atoms with Crippen molar-refractivity contribution in [1.82, 2.24) is 0 Å². The van der Waals surface area contributed by atoms with Crippen LogP contribution in [0.2, 0.25) is 5.02 Å². The highest BCUT2D eigenvalue weighted by Gasteiger charge is 2.21. The zero-order valence-corrected chi connectivity index (χ0v) is 10.4. The summed E-state index contributed by atoms with van der Waals surface area (Å²) in [5.74, 6) is 1.30. The number of hydrogen-bond acceptors (Lipinski definition) is 2. The van der Waals surface area contributed by atoms with Crippen LogP contribution in [0.5, 0.6) is 0 Å². The van der Waals surface area contributed by atoms with Crippen LogP contribution < -0.4 is 5.32 Å². The van der Waals surface area contributed by atoms with Crippen molar-refractivity contribution in [3.63, 3.8) is 0 Å². The van der Waals surface area contributed by atoms with Crippen LogP contribution in [0.4, 0.5) is 5.69 Å². The van der Waals surface area contributed by atoms with Crippen LogP contribution in [-0.2, 0) is 0 Å². The fourth-order valence-electron chi connectivity index (χ4n) is 1.91. The Hall–Kier alpha value is -0.340. The molecular formula is C12H16ClNS. The average Bonchev–Trinajstić information content (AvgIpc) is 2.22. The summed E-state index contributed by atoms with van der Waals surface area (Å²) in [4.78, 5) is 0. The molecule has 0 aliphatic carbocycles. The molecule has 0 saturated carbocycles. The van der Waals surface area contributed by atoms with Crippen molar-refractivity contribution >= 4 is 29.1 Å². The fourth-order valence-corrected chi connectivity index (χ4v) is 3.24. The van der Waals surface area contributed by atoms with E-state index < -0.39 is 0 Å². The van der Waals surface area contributed by atoms with Gasteiger partial charge >= 0.3 is 0 Å². The lowest BCUT2D eigenvalue weighted by molar-refractivity contribution is 0.617. The molecule has 0 amide bonds. The Morgan fingerprint density at radius 2 is 2.33 bits per heavy atom. The monoisotopic (exact) mass is 241 g/mol. The smallest absolute Gasteiger partial charge is 0.0426 e. The molecule has 82 valence electrons. The topological polar surface area (TPSA) is 12.0 Å². The van der Waals surface area contributed by atoms with Crippen molar-refractivity contribution in [2.24, 2.45) is 0 Å². The Bertz CT molecular complexity index is 329. The summed E-state index contributed by atoms with van der Waals surface area (Å²) in [5, 5.41) is 5.06. The molecule has 1 heterocycles. The van der Waals surface area contributed by atoms with E-state index in [1.165, 1.54) is 18.6 Å². The van der Waals surface area contributed by atoms with Gasteiger partial charge in [-0.05, 0) is 36.8 Å². The Kier molecular flexibility index (Phi) is 3.81. The first-order valence-electron chi connectivity index (χ1n) is 5.39. The highest BCUT2D eigenvalue weighted by molar-refractivity contribution is 8.00. The third kappa shape index (κ3) is 3.05. The predicted octanol–water partition coefficient (Wildman–Crippen LogP) is 4.04. The molecule has 1 N–H and O–H groups in total. The van der Waals surface area contributed by atoms with Gasteiger partial charge in [-0.1, -0.05) is 24.6 Å². The van der Waals surface area contributed by atoms with Crippen LogP contribution in [0.15, 0.2) is 24.3 Å². The van der Waals surface area contributed by atoms with Crippen molar-refractivity contribution in [2.45, 2.75) is 31.1 Å². The normalized spacial score (nSPS) is 26.3. The molecule has 0 spiro atoms. The largest absolute Gasteiger partial charge is 0.381 e. The maximum absolute atomic E-state index is 5.95.